The fraction of sp³-hybridized carbons (Fsp3) is 0.143. The number of anilines is 1. The summed E-state index contributed by atoms with van der Waals surface area (Å²) in [4.78, 5) is 31.2. The monoisotopic (exact) mass is 443 g/mol. The van der Waals surface area contributed by atoms with Crippen molar-refractivity contribution in [2.45, 2.75) is 12.6 Å². The number of aromatic nitrogens is 4. The van der Waals surface area contributed by atoms with E-state index in [-0.39, 0.29) is 17.8 Å². The molecular formula is C21H16F3N5O3. The zero-order valence-corrected chi connectivity index (χ0v) is 16.4. The number of nitrogens with zero attached hydrogens (tertiary/aromatic N) is 3. The maximum absolute atomic E-state index is 13.1. The highest BCUT2D eigenvalue weighted by Crippen LogP contribution is 2.33. The van der Waals surface area contributed by atoms with Crippen LogP contribution in [0.4, 0.5) is 18.9 Å². The molecule has 0 bridgehead atoms. The quantitative estimate of drug-likeness (QED) is 0.444. The van der Waals surface area contributed by atoms with Crippen molar-refractivity contribution in [3.8, 4) is 5.69 Å². The standard InChI is InChI=1S/C21H16F3N5O3/c22-21(23,24)14-5-6-18(29-12-25-11-27-29)17(8-14)28-19(30)10-32-20(31)7-13-9-26-16-4-2-1-3-15(13)16/h1-6,8-9,11-12,26H,7,10H2,(H,28,30). The molecule has 0 aliphatic carbocycles. The van der Waals surface area contributed by atoms with Gasteiger partial charge < -0.3 is 15.0 Å². The largest absolute Gasteiger partial charge is 0.455 e. The lowest BCUT2D eigenvalue weighted by Gasteiger charge is -2.14. The van der Waals surface area contributed by atoms with Gasteiger partial charge in [-0.25, -0.2) is 9.67 Å². The number of alkyl halides is 3. The molecule has 0 saturated heterocycles. The number of hydrogen-bond acceptors (Lipinski definition) is 5. The molecule has 0 aliphatic rings. The van der Waals surface area contributed by atoms with E-state index in [1.807, 2.05) is 24.3 Å². The third-order valence-electron chi connectivity index (χ3n) is 4.64. The van der Waals surface area contributed by atoms with E-state index < -0.39 is 30.2 Å². The molecule has 2 aromatic heterocycles. The Morgan fingerprint density at radius 3 is 2.72 bits per heavy atom. The maximum atomic E-state index is 13.1. The summed E-state index contributed by atoms with van der Waals surface area (Å²) in [6.07, 6.45) is -0.508. The topological polar surface area (TPSA) is 102 Å². The number of nitrogens with one attached hydrogen (secondary N) is 2. The van der Waals surface area contributed by atoms with Gasteiger partial charge in [0.2, 0.25) is 0 Å². The van der Waals surface area contributed by atoms with E-state index in [1.54, 1.807) is 6.20 Å². The van der Waals surface area contributed by atoms with E-state index in [0.29, 0.717) is 5.56 Å². The zero-order chi connectivity index (χ0) is 22.7. The first kappa shape index (κ1) is 21.1. The summed E-state index contributed by atoms with van der Waals surface area (Å²) in [7, 11) is 0. The Bertz CT molecular complexity index is 1270. The highest BCUT2D eigenvalue weighted by atomic mass is 19.4. The number of carbonyl (C=O) groups is 2. The van der Waals surface area contributed by atoms with Crippen LogP contribution in [0.15, 0.2) is 61.3 Å². The van der Waals surface area contributed by atoms with Gasteiger partial charge in [-0.15, -0.1) is 0 Å². The number of aromatic amines is 1. The van der Waals surface area contributed by atoms with Gasteiger partial charge in [0.15, 0.2) is 6.61 Å². The first-order valence-electron chi connectivity index (χ1n) is 9.38. The minimum atomic E-state index is -4.60. The van der Waals surface area contributed by atoms with Gasteiger partial charge in [-0.1, -0.05) is 18.2 Å². The fourth-order valence-corrected chi connectivity index (χ4v) is 3.16. The molecule has 1 amide bonds. The molecule has 0 atom stereocenters. The molecule has 4 rings (SSSR count). The third-order valence-corrected chi connectivity index (χ3v) is 4.64. The molecule has 2 aromatic carbocycles. The number of halogens is 3. The van der Waals surface area contributed by atoms with Gasteiger partial charge in [-0.05, 0) is 29.8 Å². The number of carbonyl (C=O) groups excluding carboxylic acids is 2. The Hall–Kier alpha value is -4.15. The Balaban J connectivity index is 1.43. The normalized spacial score (nSPS) is 11.5. The van der Waals surface area contributed by atoms with Crippen LogP contribution >= 0.6 is 0 Å². The molecule has 2 N–H and O–H groups in total. The molecular weight excluding hydrogens is 427 g/mol. The lowest BCUT2D eigenvalue weighted by molar-refractivity contribution is -0.146. The Morgan fingerprint density at radius 2 is 1.97 bits per heavy atom. The minimum absolute atomic E-state index is 0.0644. The number of H-pyrrole nitrogens is 1. The molecule has 0 aliphatic heterocycles. The number of fused-ring (bicyclic) bond motifs is 1. The summed E-state index contributed by atoms with van der Waals surface area (Å²) in [6, 6.07) is 10.2. The summed E-state index contributed by atoms with van der Waals surface area (Å²) in [5.41, 5.74) is 0.639. The smallest absolute Gasteiger partial charge is 0.416 e. The highest BCUT2D eigenvalue weighted by Gasteiger charge is 2.31. The van der Waals surface area contributed by atoms with Crippen LogP contribution in [0.25, 0.3) is 16.6 Å². The lowest BCUT2D eigenvalue weighted by atomic mass is 10.1. The van der Waals surface area contributed by atoms with Crippen molar-refractivity contribution >= 4 is 28.5 Å². The zero-order valence-electron chi connectivity index (χ0n) is 16.4. The molecule has 2 heterocycles. The number of rotatable bonds is 6. The molecule has 0 fully saturated rings. The number of amides is 1. The molecule has 4 aromatic rings. The lowest BCUT2D eigenvalue weighted by Crippen LogP contribution is -2.22. The predicted octanol–water partition coefficient (Wildman–Crippen LogP) is 3.49. The van der Waals surface area contributed by atoms with E-state index in [1.165, 1.54) is 17.3 Å². The number of para-hydroxylation sites is 1. The van der Waals surface area contributed by atoms with Crippen molar-refractivity contribution in [2.24, 2.45) is 0 Å². The number of esters is 1. The predicted molar refractivity (Wildman–Crippen MR) is 108 cm³/mol. The first-order valence-corrected chi connectivity index (χ1v) is 9.38. The van der Waals surface area contributed by atoms with Crippen molar-refractivity contribution < 1.29 is 27.5 Å². The van der Waals surface area contributed by atoms with Crippen LogP contribution in [-0.4, -0.2) is 38.2 Å². The minimum Gasteiger partial charge on any atom is -0.455 e. The van der Waals surface area contributed by atoms with Crippen molar-refractivity contribution in [1.29, 1.82) is 0 Å². The van der Waals surface area contributed by atoms with Gasteiger partial charge in [0, 0.05) is 17.1 Å². The van der Waals surface area contributed by atoms with E-state index in [4.69, 9.17) is 4.74 Å². The van der Waals surface area contributed by atoms with Crippen LogP contribution in [-0.2, 0) is 26.9 Å². The number of hydrogen-bond donors (Lipinski definition) is 2. The average Bonchev–Trinajstić information content (AvgIpc) is 3.42. The van der Waals surface area contributed by atoms with Gasteiger partial charge in [-0.2, -0.15) is 18.3 Å². The highest BCUT2D eigenvalue weighted by molar-refractivity contribution is 5.95. The van der Waals surface area contributed by atoms with Crippen LogP contribution in [0.1, 0.15) is 11.1 Å². The summed E-state index contributed by atoms with van der Waals surface area (Å²) < 4.78 is 45.5. The Labute approximate surface area is 179 Å². The third kappa shape index (κ3) is 4.61. The van der Waals surface area contributed by atoms with Crippen molar-refractivity contribution in [2.75, 3.05) is 11.9 Å². The van der Waals surface area contributed by atoms with Crippen LogP contribution < -0.4 is 5.32 Å². The average molecular weight is 443 g/mol. The summed E-state index contributed by atoms with van der Waals surface area (Å²) in [5.74, 6) is -1.44. The van der Waals surface area contributed by atoms with Crippen LogP contribution in [0.2, 0.25) is 0 Å². The van der Waals surface area contributed by atoms with Crippen molar-refractivity contribution in [3.63, 3.8) is 0 Å². The molecule has 32 heavy (non-hydrogen) atoms. The van der Waals surface area contributed by atoms with Crippen molar-refractivity contribution in [1.82, 2.24) is 19.7 Å². The van der Waals surface area contributed by atoms with Crippen LogP contribution in [0.5, 0.6) is 0 Å². The molecule has 164 valence electrons. The molecule has 0 saturated carbocycles. The van der Waals surface area contributed by atoms with Gasteiger partial charge in [-0.3, -0.25) is 9.59 Å². The van der Waals surface area contributed by atoms with Gasteiger partial charge >= 0.3 is 12.1 Å². The Kier molecular flexibility index (Phi) is 5.63. The molecule has 11 heteroatoms. The number of ether oxygens (including phenoxy) is 1. The first-order chi connectivity index (χ1) is 15.3. The molecule has 0 radical (unpaired) electrons. The van der Waals surface area contributed by atoms with Gasteiger partial charge in [0.1, 0.15) is 12.7 Å². The second-order valence-corrected chi connectivity index (χ2v) is 6.81. The SMILES string of the molecule is O=C(COC(=O)Cc1c[nH]c2ccccc12)Nc1cc(C(F)(F)F)ccc1-n1cncn1. The molecule has 0 spiro atoms. The summed E-state index contributed by atoms with van der Waals surface area (Å²) in [5, 5.41) is 7.07. The van der Waals surface area contributed by atoms with Gasteiger partial charge in [0.05, 0.1) is 23.4 Å². The fourth-order valence-electron chi connectivity index (χ4n) is 3.16. The van der Waals surface area contributed by atoms with E-state index in [2.05, 4.69) is 20.4 Å². The van der Waals surface area contributed by atoms with Crippen LogP contribution in [0, 0.1) is 0 Å². The second-order valence-electron chi connectivity index (χ2n) is 6.81. The van der Waals surface area contributed by atoms with E-state index in [0.717, 1.165) is 29.1 Å². The maximum Gasteiger partial charge on any atom is 0.416 e. The molecule has 8 nitrogen and oxygen atoms in total. The molecule has 0 unspecified atom stereocenters. The Morgan fingerprint density at radius 1 is 1.16 bits per heavy atom. The summed E-state index contributed by atoms with van der Waals surface area (Å²) in [6.45, 7) is -0.659. The van der Waals surface area contributed by atoms with E-state index in [9.17, 15) is 22.8 Å². The van der Waals surface area contributed by atoms with E-state index >= 15 is 0 Å². The van der Waals surface area contributed by atoms with Crippen molar-refractivity contribution in [3.05, 3.63) is 72.4 Å². The van der Waals surface area contributed by atoms with Crippen LogP contribution in [0.3, 0.4) is 0 Å². The van der Waals surface area contributed by atoms with Gasteiger partial charge in [0.25, 0.3) is 5.91 Å². The summed E-state index contributed by atoms with van der Waals surface area (Å²) >= 11 is 0. The second kappa shape index (κ2) is 8.53. The number of benzene rings is 2.